The summed E-state index contributed by atoms with van der Waals surface area (Å²) in [7, 11) is 2.13. The van der Waals surface area contributed by atoms with E-state index in [0.717, 1.165) is 17.6 Å². The minimum absolute atomic E-state index is 0.529. The number of nitrogens with one attached hydrogen (secondary N) is 1. The largest absolute Gasteiger partial charge is 0.313 e. The summed E-state index contributed by atoms with van der Waals surface area (Å²) in [5.41, 5.74) is 1.47. The van der Waals surface area contributed by atoms with E-state index in [1.807, 2.05) is 11.8 Å². The first-order chi connectivity index (χ1) is 9.80. The van der Waals surface area contributed by atoms with Gasteiger partial charge in [0.15, 0.2) is 0 Å². The van der Waals surface area contributed by atoms with Crippen LogP contribution in [0.2, 0.25) is 0 Å². The van der Waals surface area contributed by atoms with E-state index in [1.165, 1.54) is 42.6 Å². The summed E-state index contributed by atoms with van der Waals surface area (Å²) < 4.78 is 0. The van der Waals surface area contributed by atoms with Crippen molar-refractivity contribution in [3.63, 3.8) is 0 Å². The van der Waals surface area contributed by atoms with Gasteiger partial charge in [0.05, 0.1) is 0 Å². The van der Waals surface area contributed by atoms with Crippen LogP contribution >= 0.6 is 11.8 Å². The Hall–Kier alpha value is -0.470. The molecule has 2 heteroatoms. The van der Waals surface area contributed by atoms with Crippen LogP contribution in [0, 0.1) is 11.8 Å². The fourth-order valence-corrected chi connectivity index (χ4v) is 4.41. The van der Waals surface area contributed by atoms with Crippen LogP contribution < -0.4 is 5.32 Å². The molecular formula is C18H29NS. The van der Waals surface area contributed by atoms with Gasteiger partial charge in [-0.25, -0.2) is 0 Å². The van der Waals surface area contributed by atoms with Gasteiger partial charge in [-0.2, -0.15) is 0 Å². The molecule has 1 saturated carbocycles. The van der Waals surface area contributed by atoms with Gasteiger partial charge in [-0.15, -0.1) is 11.8 Å². The molecule has 0 saturated heterocycles. The quantitative estimate of drug-likeness (QED) is 0.716. The van der Waals surface area contributed by atoms with Crippen LogP contribution in [0.3, 0.4) is 0 Å². The van der Waals surface area contributed by atoms with Crippen LogP contribution in [0.1, 0.15) is 57.6 Å². The van der Waals surface area contributed by atoms with Gasteiger partial charge in [0.25, 0.3) is 0 Å². The lowest BCUT2D eigenvalue weighted by Crippen LogP contribution is -2.32. The number of rotatable bonds is 6. The van der Waals surface area contributed by atoms with E-state index < -0.39 is 0 Å². The first kappa shape index (κ1) is 15.9. The third-order valence-corrected chi connectivity index (χ3v) is 5.68. The highest BCUT2D eigenvalue weighted by molar-refractivity contribution is 7.99. The zero-order chi connectivity index (χ0) is 14.4. The topological polar surface area (TPSA) is 12.0 Å². The molecule has 0 spiro atoms. The second-order valence-corrected chi connectivity index (χ2v) is 7.22. The summed E-state index contributed by atoms with van der Waals surface area (Å²) in [5.74, 6) is 2.85. The summed E-state index contributed by atoms with van der Waals surface area (Å²) in [5, 5.41) is 3.60. The Morgan fingerprint density at radius 2 is 1.85 bits per heavy atom. The minimum atomic E-state index is 0.529. The van der Waals surface area contributed by atoms with Crippen molar-refractivity contribution in [3.05, 3.63) is 29.8 Å². The average Bonchev–Trinajstić information content (AvgIpc) is 2.50. The SMILES string of the molecule is CCSc1ccc(C(NC)C2CCCCC2CC)cc1. The molecule has 0 aliphatic heterocycles. The standard InChI is InChI=1S/C18H29NS/c1-4-14-8-6-7-9-17(14)18(19-3)15-10-12-16(13-11-15)20-5-2/h10-14,17-19H,4-9H2,1-3H3. The molecule has 0 bridgehead atoms. The van der Waals surface area contributed by atoms with E-state index >= 15 is 0 Å². The molecule has 0 amide bonds. The van der Waals surface area contributed by atoms with E-state index in [1.54, 1.807) is 0 Å². The maximum atomic E-state index is 3.60. The molecule has 0 heterocycles. The van der Waals surface area contributed by atoms with Crippen molar-refractivity contribution in [2.24, 2.45) is 11.8 Å². The van der Waals surface area contributed by atoms with Crippen molar-refractivity contribution in [2.45, 2.75) is 56.9 Å². The number of thioether (sulfide) groups is 1. The smallest absolute Gasteiger partial charge is 0.0348 e. The minimum Gasteiger partial charge on any atom is -0.313 e. The van der Waals surface area contributed by atoms with Crippen molar-refractivity contribution < 1.29 is 0 Å². The lowest BCUT2D eigenvalue weighted by molar-refractivity contribution is 0.180. The molecule has 1 aliphatic rings. The molecule has 0 aromatic heterocycles. The fraction of sp³-hybridized carbons (Fsp3) is 0.667. The summed E-state index contributed by atoms with van der Waals surface area (Å²) in [6.45, 7) is 4.57. The molecule has 2 rings (SSSR count). The van der Waals surface area contributed by atoms with Crippen LogP contribution in [0.4, 0.5) is 0 Å². The van der Waals surface area contributed by atoms with Crippen molar-refractivity contribution in [1.82, 2.24) is 5.32 Å². The molecule has 1 aromatic rings. The fourth-order valence-electron chi connectivity index (χ4n) is 3.75. The second-order valence-electron chi connectivity index (χ2n) is 5.89. The lowest BCUT2D eigenvalue weighted by Gasteiger charge is -2.37. The second kappa shape index (κ2) is 8.09. The van der Waals surface area contributed by atoms with Crippen molar-refractivity contribution in [3.8, 4) is 0 Å². The average molecular weight is 292 g/mol. The van der Waals surface area contributed by atoms with Gasteiger partial charge in [-0.05, 0) is 48.8 Å². The number of hydrogen-bond acceptors (Lipinski definition) is 2. The predicted octanol–water partition coefficient (Wildman–Crippen LogP) is 5.28. The normalized spacial score (nSPS) is 24.6. The number of hydrogen-bond donors (Lipinski definition) is 1. The molecule has 3 atom stereocenters. The summed E-state index contributed by atoms with van der Waals surface area (Å²) in [4.78, 5) is 1.39. The molecule has 3 unspecified atom stereocenters. The van der Waals surface area contributed by atoms with Gasteiger partial charge < -0.3 is 5.32 Å². The van der Waals surface area contributed by atoms with E-state index in [2.05, 4.69) is 50.5 Å². The Bertz CT molecular complexity index is 387. The molecule has 1 aliphatic carbocycles. The third-order valence-electron chi connectivity index (χ3n) is 4.78. The Balaban J connectivity index is 2.13. The Kier molecular flexibility index (Phi) is 6.44. The Morgan fingerprint density at radius 3 is 2.45 bits per heavy atom. The summed E-state index contributed by atoms with van der Waals surface area (Å²) >= 11 is 1.92. The van der Waals surface area contributed by atoms with Gasteiger partial charge in [-0.3, -0.25) is 0 Å². The van der Waals surface area contributed by atoms with Gasteiger partial charge >= 0.3 is 0 Å². The first-order valence-electron chi connectivity index (χ1n) is 8.20. The molecule has 20 heavy (non-hydrogen) atoms. The molecule has 112 valence electrons. The van der Waals surface area contributed by atoms with Crippen LogP contribution in [-0.4, -0.2) is 12.8 Å². The van der Waals surface area contributed by atoms with Crippen molar-refractivity contribution in [2.75, 3.05) is 12.8 Å². The van der Waals surface area contributed by atoms with Crippen molar-refractivity contribution >= 4 is 11.8 Å². The summed E-state index contributed by atoms with van der Waals surface area (Å²) in [6, 6.07) is 9.77. The zero-order valence-corrected chi connectivity index (χ0v) is 14.0. The van der Waals surface area contributed by atoms with Gasteiger partial charge in [0.2, 0.25) is 0 Å². The predicted molar refractivity (Wildman–Crippen MR) is 90.4 cm³/mol. The van der Waals surface area contributed by atoms with Gasteiger partial charge in [0, 0.05) is 10.9 Å². The van der Waals surface area contributed by atoms with Crippen molar-refractivity contribution in [1.29, 1.82) is 0 Å². The van der Waals surface area contributed by atoms with Gasteiger partial charge in [-0.1, -0.05) is 51.7 Å². The molecule has 1 fully saturated rings. The Labute approximate surface area is 128 Å². The molecule has 1 nitrogen and oxygen atoms in total. The van der Waals surface area contributed by atoms with E-state index in [9.17, 15) is 0 Å². The lowest BCUT2D eigenvalue weighted by atomic mass is 9.72. The summed E-state index contributed by atoms with van der Waals surface area (Å²) in [6.07, 6.45) is 6.96. The molecule has 1 aromatic carbocycles. The van der Waals surface area contributed by atoms with E-state index in [4.69, 9.17) is 0 Å². The molecule has 1 N–H and O–H groups in total. The maximum Gasteiger partial charge on any atom is 0.0348 e. The molecule has 0 radical (unpaired) electrons. The van der Waals surface area contributed by atoms with E-state index in [-0.39, 0.29) is 0 Å². The van der Waals surface area contributed by atoms with E-state index in [0.29, 0.717) is 6.04 Å². The third kappa shape index (κ3) is 3.79. The van der Waals surface area contributed by atoms with Crippen LogP contribution in [-0.2, 0) is 0 Å². The maximum absolute atomic E-state index is 3.60. The highest BCUT2D eigenvalue weighted by atomic mass is 32.2. The zero-order valence-electron chi connectivity index (χ0n) is 13.2. The number of benzene rings is 1. The Morgan fingerprint density at radius 1 is 1.15 bits per heavy atom. The van der Waals surface area contributed by atoms with Crippen LogP contribution in [0.15, 0.2) is 29.2 Å². The van der Waals surface area contributed by atoms with Gasteiger partial charge in [0.1, 0.15) is 0 Å². The van der Waals surface area contributed by atoms with Crippen LogP contribution in [0.25, 0.3) is 0 Å². The van der Waals surface area contributed by atoms with Crippen LogP contribution in [0.5, 0.6) is 0 Å². The molecular weight excluding hydrogens is 262 g/mol. The highest BCUT2D eigenvalue weighted by Crippen LogP contribution is 2.40. The highest BCUT2D eigenvalue weighted by Gasteiger charge is 2.30. The first-order valence-corrected chi connectivity index (χ1v) is 9.18. The monoisotopic (exact) mass is 291 g/mol.